The number of hydrogen-bond acceptors (Lipinski definition) is 3. The van der Waals surface area contributed by atoms with Crippen molar-refractivity contribution in [2.45, 2.75) is 19.6 Å². The normalized spacial score (nSPS) is 11.3. The molecule has 170 valence electrons. The molecule has 0 aliphatic heterocycles. The van der Waals surface area contributed by atoms with Crippen LogP contribution in [0.4, 0.5) is 5.69 Å². The third-order valence-electron chi connectivity index (χ3n) is 5.44. The molecule has 0 bridgehead atoms. The third kappa shape index (κ3) is 5.70. The summed E-state index contributed by atoms with van der Waals surface area (Å²) in [4.78, 5) is 26.1. The van der Waals surface area contributed by atoms with Gasteiger partial charge in [0.15, 0.2) is 0 Å². The van der Waals surface area contributed by atoms with Gasteiger partial charge < -0.3 is 15.4 Å². The summed E-state index contributed by atoms with van der Waals surface area (Å²) in [6.07, 6.45) is 0. The average molecular weight is 451 g/mol. The largest absolute Gasteiger partial charge is 0.488 e. The van der Waals surface area contributed by atoms with E-state index in [2.05, 4.69) is 10.6 Å². The fourth-order valence-electron chi connectivity index (χ4n) is 3.59. The fourth-order valence-corrected chi connectivity index (χ4v) is 3.59. The Morgan fingerprint density at radius 3 is 2.03 bits per heavy atom. The molecule has 5 nitrogen and oxygen atoms in total. The predicted molar refractivity (Wildman–Crippen MR) is 134 cm³/mol. The van der Waals surface area contributed by atoms with Crippen LogP contribution in [0.3, 0.4) is 0 Å². The van der Waals surface area contributed by atoms with Gasteiger partial charge in [-0.05, 0) is 42.3 Å². The van der Waals surface area contributed by atoms with Crippen molar-refractivity contribution in [2.24, 2.45) is 0 Å². The van der Waals surface area contributed by atoms with E-state index in [9.17, 15) is 9.59 Å². The maximum Gasteiger partial charge on any atom is 0.259 e. The van der Waals surface area contributed by atoms with Crippen molar-refractivity contribution in [3.63, 3.8) is 0 Å². The van der Waals surface area contributed by atoms with Crippen molar-refractivity contribution < 1.29 is 14.3 Å². The van der Waals surface area contributed by atoms with Crippen molar-refractivity contribution in [2.75, 3.05) is 5.32 Å². The molecule has 2 amide bonds. The first-order chi connectivity index (χ1) is 16.6. The van der Waals surface area contributed by atoms with E-state index in [4.69, 9.17) is 4.74 Å². The average Bonchev–Trinajstić information content (AvgIpc) is 2.89. The molecule has 0 radical (unpaired) electrons. The zero-order chi connectivity index (χ0) is 23.8. The highest BCUT2D eigenvalue weighted by molar-refractivity contribution is 6.10. The van der Waals surface area contributed by atoms with Crippen LogP contribution in [-0.4, -0.2) is 11.8 Å². The van der Waals surface area contributed by atoms with Gasteiger partial charge in [0, 0.05) is 0 Å². The van der Waals surface area contributed by atoms with Gasteiger partial charge in [-0.15, -0.1) is 0 Å². The van der Waals surface area contributed by atoms with Gasteiger partial charge in [0.2, 0.25) is 0 Å². The van der Waals surface area contributed by atoms with Crippen LogP contribution in [0.2, 0.25) is 0 Å². The summed E-state index contributed by atoms with van der Waals surface area (Å²) in [6.45, 7) is 2.27. The molecule has 34 heavy (non-hydrogen) atoms. The maximum absolute atomic E-state index is 13.1. The molecule has 0 fully saturated rings. The molecule has 4 aromatic carbocycles. The highest BCUT2D eigenvalue weighted by atomic mass is 16.5. The second-order valence-electron chi connectivity index (χ2n) is 7.88. The molecule has 0 aromatic heterocycles. The molecule has 0 aliphatic carbocycles. The topological polar surface area (TPSA) is 67.4 Å². The Morgan fingerprint density at radius 1 is 0.706 bits per heavy atom. The van der Waals surface area contributed by atoms with Gasteiger partial charge >= 0.3 is 0 Å². The lowest BCUT2D eigenvalue weighted by atomic mass is 10.1. The number of ether oxygens (including phenoxy) is 1. The highest BCUT2D eigenvalue weighted by Crippen LogP contribution is 2.23. The van der Waals surface area contributed by atoms with Gasteiger partial charge in [0.05, 0.1) is 22.9 Å². The second kappa shape index (κ2) is 11.0. The number of anilines is 1. The first-order valence-electron chi connectivity index (χ1n) is 11.1. The maximum atomic E-state index is 13.1. The Balaban J connectivity index is 1.48. The SMILES string of the molecule is C[C@H](NC(=O)c1ccccc1NC(=O)c1ccccc1OCc1ccccc1)c1ccccc1. The molecule has 4 aromatic rings. The molecule has 4 rings (SSSR count). The van der Waals surface area contributed by atoms with Gasteiger partial charge in [-0.1, -0.05) is 84.9 Å². The van der Waals surface area contributed by atoms with Crippen molar-refractivity contribution in [3.8, 4) is 5.75 Å². The zero-order valence-electron chi connectivity index (χ0n) is 18.9. The molecule has 1 atom stereocenters. The molecule has 0 unspecified atom stereocenters. The van der Waals surface area contributed by atoms with Crippen LogP contribution in [0.5, 0.6) is 5.75 Å². The van der Waals surface area contributed by atoms with E-state index >= 15 is 0 Å². The standard InChI is InChI=1S/C29H26N2O3/c1-21(23-14-6-3-7-15-23)30-28(32)24-16-8-10-18-26(24)31-29(33)25-17-9-11-19-27(25)34-20-22-12-4-2-5-13-22/h2-19,21H,20H2,1H3,(H,30,32)(H,31,33)/t21-/m0/s1. The Kier molecular flexibility index (Phi) is 7.35. The molecule has 0 aliphatic rings. The molecule has 0 saturated heterocycles. The van der Waals surface area contributed by atoms with Gasteiger partial charge in [0.1, 0.15) is 12.4 Å². The minimum absolute atomic E-state index is 0.176. The van der Waals surface area contributed by atoms with Crippen molar-refractivity contribution in [1.82, 2.24) is 5.32 Å². The Bertz CT molecular complexity index is 1260. The van der Waals surface area contributed by atoms with Crippen LogP contribution in [-0.2, 0) is 6.61 Å². The number of carbonyl (C=O) groups excluding carboxylic acids is 2. The summed E-state index contributed by atoms with van der Waals surface area (Å²) >= 11 is 0. The summed E-state index contributed by atoms with van der Waals surface area (Å²) in [5, 5.41) is 5.88. The molecular formula is C29H26N2O3. The Hall–Kier alpha value is -4.38. The number of benzene rings is 4. The number of hydrogen-bond donors (Lipinski definition) is 2. The summed E-state index contributed by atoms with van der Waals surface area (Å²) in [5.41, 5.74) is 3.23. The minimum Gasteiger partial charge on any atom is -0.488 e. The van der Waals surface area contributed by atoms with Crippen LogP contribution in [0.25, 0.3) is 0 Å². The predicted octanol–water partition coefficient (Wildman–Crippen LogP) is 6.01. The first-order valence-corrected chi connectivity index (χ1v) is 11.1. The quantitative estimate of drug-likeness (QED) is 0.345. The number of carbonyl (C=O) groups is 2. The monoisotopic (exact) mass is 450 g/mol. The van der Waals surface area contributed by atoms with E-state index in [0.29, 0.717) is 29.2 Å². The number of amides is 2. The van der Waals surface area contributed by atoms with Crippen LogP contribution < -0.4 is 15.4 Å². The van der Waals surface area contributed by atoms with Crippen molar-refractivity contribution >= 4 is 17.5 Å². The van der Waals surface area contributed by atoms with E-state index in [0.717, 1.165) is 11.1 Å². The first kappa shape index (κ1) is 22.8. The number of para-hydroxylation sites is 2. The number of nitrogens with one attached hydrogen (secondary N) is 2. The van der Waals surface area contributed by atoms with Crippen LogP contribution in [0.1, 0.15) is 44.8 Å². The fraction of sp³-hybridized carbons (Fsp3) is 0.103. The van der Waals surface area contributed by atoms with Crippen LogP contribution in [0.15, 0.2) is 109 Å². The van der Waals surface area contributed by atoms with Gasteiger partial charge in [-0.3, -0.25) is 9.59 Å². The summed E-state index contributed by atoms with van der Waals surface area (Å²) in [5.74, 6) is -0.135. The molecule has 0 heterocycles. The molecule has 0 spiro atoms. The van der Waals surface area contributed by atoms with Crippen molar-refractivity contribution in [1.29, 1.82) is 0 Å². The second-order valence-corrected chi connectivity index (χ2v) is 7.88. The van der Waals surface area contributed by atoms with E-state index in [1.165, 1.54) is 0 Å². The lowest BCUT2D eigenvalue weighted by Crippen LogP contribution is -2.28. The van der Waals surface area contributed by atoms with Crippen LogP contribution >= 0.6 is 0 Å². The highest BCUT2D eigenvalue weighted by Gasteiger charge is 2.18. The molecule has 5 heteroatoms. The van der Waals surface area contributed by atoms with E-state index < -0.39 is 0 Å². The van der Waals surface area contributed by atoms with Crippen LogP contribution in [0, 0.1) is 0 Å². The molecule has 2 N–H and O–H groups in total. The Labute approximate surface area is 199 Å². The summed E-state index contributed by atoms with van der Waals surface area (Å²) in [6, 6.07) is 33.4. The molecular weight excluding hydrogens is 424 g/mol. The summed E-state index contributed by atoms with van der Waals surface area (Å²) in [7, 11) is 0. The minimum atomic E-state index is -0.347. The molecule has 0 saturated carbocycles. The number of rotatable bonds is 8. The smallest absolute Gasteiger partial charge is 0.259 e. The Morgan fingerprint density at radius 2 is 1.29 bits per heavy atom. The van der Waals surface area contributed by atoms with E-state index in [1.807, 2.05) is 73.7 Å². The van der Waals surface area contributed by atoms with E-state index in [1.54, 1.807) is 42.5 Å². The summed E-state index contributed by atoms with van der Waals surface area (Å²) < 4.78 is 5.92. The van der Waals surface area contributed by atoms with Gasteiger partial charge in [-0.2, -0.15) is 0 Å². The lowest BCUT2D eigenvalue weighted by Gasteiger charge is -2.17. The lowest BCUT2D eigenvalue weighted by molar-refractivity contribution is 0.0940. The van der Waals surface area contributed by atoms with Crippen molar-refractivity contribution in [3.05, 3.63) is 131 Å². The zero-order valence-corrected chi connectivity index (χ0v) is 18.9. The third-order valence-corrected chi connectivity index (χ3v) is 5.44. The van der Waals surface area contributed by atoms with Gasteiger partial charge in [0.25, 0.3) is 11.8 Å². The van der Waals surface area contributed by atoms with E-state index in [-0.39, 0.29) is 17.9 Å². The van der Waals surface area contributed by atoms with Gasteiger partial charge in [-0.25, -0.2) is 0 Å².